The van der Waals surface area contributed by atoms with Crippen molar-refractivity contribution < 1.29 is 14.3 Å². The van der Waals surface area contributed by atoms with Gasteiger partial charge in [-0.1, -0.05) is 13.8 Å². The Morgan fingerprint density at radius 3 is 2.36 bits per heavy atom. The van der Waals surface area contributed by atoms with Gasteiger partial charge in [0.05, 0.1) is 0 Å². The van der Waals surface area contributed by atoms with Crippen molar-refractivity contribution in [2.45, 2.75) is 59.5 Å². The fourth-order valence-corrected chi connectivity index (χ4v) is 2.57. The molecule has 0 radical (unpaired) electrons. The number of hydrogen-bond donors (Lipinski definition) is 0. The summed E-state index contributed by atoms with van der Waals surface area (Å²) in [5.74, 6) is 1.09. The summed E-state index contributed by atoms with van der Waals surface area (Å²) in [7, 11) is 0. The van der Waals surface area contributed by atoms with E-state index in [0.29, 0.717) is 11.8 Å². The third kappa shape index (κ3) is 7.14. The second kappa shape index (κ2) is 8.39. The molecule has 0 aromatic carbocycles. The predicted octanol–water partition coefficient (Wildman–Crippen LogP) is 3.14. The van der Waals surface area contributed by atoms with Crippen LogP contribution in [0.15, 0.2) is 0 Å². The Bertz CT molecular complexity index is 355. The van der Waals surface area contributed by atoms with Gasteiger partial charge in [-0.3, -0.25) is 4.79 Å². The number of amides is 2. The highest BCUT2D eigenvalue weighted by atomic mass is 16.6. The van der Waals surface area contributed by atoms with Gasteiger partial charge in [0.25, 0.3) is 0 Å². The summed E-state index contributed by atoms with van der Waals surface area (Å²) in [5, 5.41) is 0. The number of rotatable bonds is 6. The summed E-state index contributed by atoms with van der Waals surface area (Å²) in [6.07, 6.45) is 3.65. The fraction of sp³-hybridized carbons (Fsp3) is 0.882. The van der Waals surface area contributed by atoms with E-state index in [2.05, 4.69) is 13.8 Å². The molecule has 5 nitrogen and oxygen atoms in total. The molecule has 22 heavy (non-hydrogen) atoms. The Labute approximate surface area is 135 Å². The number of carbonyl (C=O) groups is 2. The van der Waals surface area contributed by atoms with Crippen LogP contribution in [0, 0.1) is 11.8 Å². The van der Waals surface area contributed by atoms with E-state index < -0.39 is 5.60 Å². The summed E-state index contributed by atoms with van der Waals surface area (Å²) >= 11 is 0. The van der Waals surface area contributed by atoms with Crippen LogP contribution in [-0.2, 0) is 9.53 Å². The van der Waals surface area contributed by atoms with Gasteiger partial charge >= 0.3 is 6.09 Å². The van der Waals surface area contributed by atoms with Crippen LogP contribution in [-0.4, -0.2) is 54.1 Å². The van der Waals surface area contributed by atoms with Gasteiger partial charge in [-0.05, 0) is 51.9 Å². The molecule has 1 aliphatic rings. The molecular weight excluding hydrogens is 280 g/mol. The third-order valence-corrected chi connectivity index (χ3v) is 3.90. The molecule has 0 bridgehead atoms. The van der Waals surface area contributed by atoms with Crippen molar-refractivity contribution in [3.63, 3.8) is 0 Å². The van der Waals surface area contributed by atoms with Crippen molar-refractivity contribution in [1.82, 2.24) is 9.80 Å². The van der Waals surface area contributed by atoms with E-state index in [4.69, 9.17) is 4.74 Å². The normalized spacial score (nSPS) is 16.7. The number of nitrogens with zero attached hydrogens (tertiary/aromatic N) is 2. The SMILES string of the molecule is CC(C)CCN(C=O)CC1CCN(C(=O)OC(C)(C)C)CC1. The van der Waals surface area contributed by atoms with E-state index >= 15 is 0 Å². The lowest BCUT2D eigenvalue weighted by atomic mass is 9.96. The van der Waals surface area contributed by atoms with Crippen LogP contribution in [0.4, 0.5) is 4.79 Å². The van der Waals surface area contributed by atoms with Crippen LogP contribution in [0.5, 0.6) is 0 Å². The Balaban J connectivity index is 2.35. The van der Waals surface area contributed by atoms with Crippen molar-refractivity contribution in [3.05, 3.63) is 0 Å². The fourth-order valence-electron chi connectivity index (χ4n) is 2.57. The van der Waals surface area contributed by atoms with Crippen molar-refractivity contribution in [1.29, 1.82) is 0 Å². The van der Waals surface area contributed by atoms with Crippen LogP contribution in [0.25, 0.3) is 0 Å². The third-order valence-electron chi connectivity index (χ3n) is 3.90. The van der Waals surface area contributed by atoms with E-state index in [-0.39, 0.29) is 6.09 Å². The van der Waals surface area contributed by atoms with Gasteiger partial charge in [-0.2, -0.15) is 0 Å². The minimum Gasteiger partial charge on any atom is -0.444 e. The lowest BCUT2D eigenvalue weighted by Gasteiger charge is -2.35. The maximum Gasteiger partial charge on any atom is 0.410 e. The van der Waals surface area contributed by atoms with E-state index in [1.807, 2.05) is 25.7 Å². The molecule has 1 fully saturated rings. The summed E-state index contributed by atoms with van der Waals surface area (Å²) in [6.45, 7) is 13.1. The number of hydrogen-bond acceptors (Lipinski definition) is 3. The largest absolute Gasteiger partial charge is 0.444 e. The highest BCUT2D eigenvalue weighted by molar-refractivity contribution is 5.68. The minimum absolute atomic E-state index is 0.224. The van der Waals surface area contributed by atoms with E-state index in [1.54, 1.807) is 4.90 Å². The number of likely N-dealkylation sites (tertiary alicyclic amines) is 1. The Kier molecular flexibility index (Phi) is 7.17. The van der Waals surface area contributed by atoms with Crippen molar-refractivity contribution >= 4 is 12.5 Å². The maximum atomic E-state index is 12.0. The van der Waals surface area contributed by atoms with Gasteiger partial charge < -0.3 is 14.5 Å². The smallest absolute Gasteiger partial charge is 0.410 e. The van der Waals surface area contributed by atoms with Crippen LogP contribution >= 0.6 is 0 Å². The zero-order valence-corrected chi connectivity index (χ0v) is 14.8. The van der Waals surface area contributed by atoms with Crippen LogP contribution in [0.3, 0.4) is 0 Å². The Morgan fingerprint density at radius 1 is 1.32 bits per heavy atom. The number of piperidine rings is 1. The molecule has 0 saturated carbocycles. The molecule has 0 spiro atoms. The van der Waals surface area contributed by atoms with Crippen LogP contribution in [0.2, 0.25) is 0 Å². The van der Waals surface area contributed by atoms with Crippen LogP contribution in [0.1, 0.15) is 53.9 Å². The van der Waals surface area contributed by atoms with E-state index in [0.717, 1.165) is 51.9 Å². The zero-order valence-electron chi connectivity index (χ0n) is 14.8. The molecule has 0 N–H and O–H groups in total. The summed E-state index contributed by atoms with van der Waals surface area (Å²) in [4.78, 5) is 26.8. The number of ether oxygens (including phenoxy) is 1. The minimum atomic E-state index is -0.445. The molecule has 0 aromatic heterocycles. The molecule has 0 aliphatic carbocycles. The van der Waals surface area contributed by atoms with Gasteiger partial charge in [0.15, 0.2) is 0 Å². The van der Waals surface area contributed by atoms with Gasteiger partial charge in [0, 0.05) is 26.2 Å². The highest BCUT2D eigenvalue weighted by Crippen LogP contribution is 2.20. The summed E-state index contributed by atoms with van der Waals surface area (Å²) in [6, 6.07) is 0. The second-order valence-electron chi connectivity index (χ2n) is 7.69. The molecule has 2 amide bonds. The van der Waals surface area contributed by atoms with Crippen molar-refractivity contribution in [3.8, 4) is 0 Å². The monoisotopic (exact) mass is 312 g/mol. The standard InChI is InChI=1S/C17H32N2O3/c1-14(2)6-9-18(13-20)12-15-7-10-19(11-8-15)16(21)22-17(3,4)5/h13-15H,6-12H2,1-5H3. The highest BCUT2D eigenvalue weighted by Gasteiger charge is 2.27. The molecule has 1 rings (SSSR count). The summed E-state index contributed by atoms with van der Waals surface area (Å²) in [5.41, 5.74) is -0.445. The predicted molar refractivity (Wildman–Crippen MR) is 87.6 cm³/mol. The van der Waals surface area contributed by atoms with E-state index in [1.165, 1.54) is 0 Å². The Morgan fingerprint density at radius 2 is 1.91 bits per heavy atom. The van der Waals surface area contributed by atoms with Gasteiger partial charge in [0.1, 0.15) is 5.60 Å². The molecule has 1 saturated heterocycles. The van der Waals surface area contributed by atoms with Crippen LogP contribution < -0.4 is 0 Å². The molecule has 1 aliphatic heterocycles. The second-order valence-corrected chi connectivity index (χ2v) is 7.69. The first-order valence-corrected chi connectivity index (χ1v) is 8.38. The molecule has 1 heterocycles. The van der Waals surface area contributed by atoms with Crippen molar-refractivity contribution in [2.75, 3.05) is 26.2 Å². The van der Waals surface area contributed by atoms with Gasteiger partial charge in [-0.15, -0.1) is 0 Å². The average molecular weight is 312 g/mol. The molecule has 0 atom stereocenters. The molecular formula is C17H32N2O3. The number of carbonyl (C=O) groups excluding carboxylic acids is 2. The quantitative estimate of drug-likeness (QED) is 0.708. The molecule has 0 aromatic rings. The first-order chi connectivity index (χ1) is 10.2. The lowest BCUT2D eigenvalue weighted by Crippen LogP contribution is -2.43. The molecule has 5 heteroatoms. The van der Waals surface area contributed by atoms with Gasteiger partial charge in [-0.25, -0.2) is 4.79 Å². The molecule has 128 valence electrons. The maximum absolute atomic E-state index is 12.0. The zero-order chi connectivity index (χ0) is 16.8. The topological polar surface area (TPSA) is 49.9 Å². The average Bonchev–Trinajstić information content (AvgIpc) is 2.42. The van der Waals surface area contributed by atoms with Crippen molar-refractivity contribution in [2.24, 2.45) is 11.8 Å². The van der Waals surface area contributed by atoms with E-state index in [9.17, 15) is 9.59 Å². The van der Waals surface area contributed by atoms with Gasteiger partial charge in [0.2, 0.25) is 6.41 Å². The lowest BCUT2D eigenvalue weighted by molar-refractivity contribution is -0.119. The summed E-state index contributed by atoms with van der Waals surface area (Å²) < 4.78 is 5.40. The first kappa shape index (κ1) is 18.8. The Hall–Kier alpha value is -1.26. The first-order valence-electron chi connectivity index (χ1n) is 8.38. The molecule has 0 unspecified atom stereocenters.